The lowest BCUT2D eigenvalue weighted by Crippen LogP contribution is -2.44. The minimum absolute atomic E-state index is 0.0436. The van der Waals surface area contributed by atoms with E-state index in [9.17, 15) is 4.79 Å². The van der Waals surface area contributed by atoms with Crippen molar-refractivity contribution in [2.45, 2.75) is 27.3 Å². The average Bonchev–Trinajstić information content (AvgIpc) is 2.50. The van der Waals surface area contributed by atoms with E-state index in [1.165, 1.54) is 0 Å². The van der Waals surface area contributed by atoms with E-state index in [1.807, 2.05) is 66.9 Å². The molecule has 106 valence electrons. The van der Waals surface area contributed by atoms with E-state index in [-0.39, 0.29) is 5.56 Å². The molecule has 0 fully saturated rings. The van der Waals surface area contributed by atoms with Crippen LogP contribution in [0.1, 0.15) is 18.3 Å². The molecule has 3 heteroatoms. The zero-order chi connectivity index (χ0) is 15.0. The summed E-state index contributed by atoms with van der Waals surface area (Å²) in [7, 11) is 0. The molecule has 0 N–H and O–H groups in total. The van der Waals surface area contributed by atoms with Crippen LogP contribution in [0.3, 0.4) is 0 Å². The molecule has 0 bridgehead atoms. The third kappa shape index (κ3) is 2.05. The number of hydrogen-bond acceptors (Lipinski definition) is 1. The molecule has 1 aromatic heterocycles. The average molecular weight is 279 g/mol. The number of hydrogen-bond donors (Lipinski definition) is 0. The van der Waals surface area contributed by atoms with Gasteiger partial charge in [0.05, 0.1) is 6.54 Å². The maximum absolute atomic E-state index is 12.9. The summed E-state index contributed by atoms with van der Waals surface area (Å²) in [6, 6.07) is 15.8. The SMILES string of the molecule is CC[n+]1c(C)n(-c2ccccc2C)c(=O)c2ccccc21. The van der Waals surface area contributed by atoms with Crippen LogP contribution >= 0.6 is 0 Å². The van der Waals surface area contributed by atoms with E-state index >= 15 is 0 Å². The predicted molar refractivity (Wildman–Crippen MR) is 84.9 cm³/mol. The molecule has 0 radical (unpaired) electrons. The number of para-hydroxylation sites is 2. The number of rotatable bonds is 2. The summed E-state index contributed by atoms with van der Waals surface area (Å²) in [4.78, 5) is 12.9. The molecule has 0 saturated carbocycles. The lowest BCUT2D eigenvalue weighted by atomic mass is 10.1. The smallest absolute Gasteiger partial charge is 0.240 e. The Morgan fingerprint density at radius 3 is 2.38 bits per heavy atom. The van der Waals surface area contributed by atoms with E-state index in [0.717, 1.165) is 34.5 Å². The summed E-state index contributed by atoms with van der Waals surface area (Å²) in [6.45, 7) is 6.97. The Balaban J connectivity index is 2.50. The van der Waals surface area contributed by atoms with Crippen molar-refractivity contribution in [2.75, 3.05) is 0 Å². The van der Waals surface area contributed by atoms with Gasteiger partial charge in [-0.3, -0.25) is 0 Å². The maximum Gasteiger partial charge on any atom is 0.350 e. The first-order valence-corrected chi connectivity index (χ1v) is 7.25. The minimum Gasteiger partial charge on any atom is -0.240 e. The Morgan fingerprint density at radius 1 is 1.00 bits per heavy atom. The molecule has 3 rings (SSSR count). The molecular weight excluding hydrogens is 260 g/mol. The largest absolute Gasteiger partial charge is 0.350 e. The summed E-state index contributed by atoms with van der Waals surface area (Å²) in [5.74, 6) is 0.954. The molecule has 0 aliphatic rings. The molecule has 21 heavy (non-hydrogen) atoms. The number of aryl methyl sites for hydroxylation is 2. The first-order valence-electron chi connectivity index (χ1n) is 7.25. The van der Waals surface area contributed by atoms with Gasteiger partial charge in [0.1, 0.15) is 16.6 Å². The maximum atomic E-state index is 12.9. The van der Waals surface area contributed by atoms with Gasteiger partial charge in [0, 0.05) is 6.92 Å². The molecule has 0 atom stereocenters. The van der Waals surface area contributed by atoms with Crippen molar-refractivity contribution >= 4 is 10.9 Å². The second-order valence-corrected chi connectivity index (χ2v) is 5.24. The number of fused-ring (bicyclic) bond motifs is 1. The van der Waals surface area contributed by atoms with Gasteiger partial charge in [-0.15, -0.1) is 0 Å². The monoisotopic (exact) mass is 279 g/mol. The summed E-state index contributed by atoms with van der Waals surface area (Å²) in [5, 5.41) is 0.758. The molecule has 0 saturated heterocycles. The van der Waals surface area contributed by atoms with E-state index < -0.39 is 0 Å². The highest BCUT2D eigenvalue weighted by atomic mass is 16.1. The quantitative estimate of drug-likeness (QED) is 0.662. The first kappa shape index (κ1) is 13.6. The van der Waals surface area contributed by atoms with Crippen molar-refractivity contribution in [3.63, 3.8) is 0 Å². The molecule has 2 aromatic carbocycles. The van der Waals surface area contributed by atoms with Crippen LogP contribution in [0.4, 0.5) is 0 Å². The van der Waals surface area contributed by atoms with Crippen molar-refractivity contribution < 1.29 is 4.57 Å². The van der Waals surface area contributed by atoms with Gasteiger partial charge >= 0.3 is 5.56 Å². The fourth-order valence-electron chi connectivity index (χ4n) is 2.95. The van der Waals surface area contributed by atoms with Crippen LogP contribution < -0.4 is 10.1 Å². The van der Waals surface area contributed by atoms with Gasteiger partial charge in [-0.25, -0.2) is 9.36 Å². The number of aromatic nitrogens is 2. The standard InChI is InChI=1S/C18H19N2O/c1-4-19-14(3)20(16-11-7-5-9-13(16)2)18(21)15-10-6-8-12-17(15)19/h5-12H,4H2,1-3H3/q+1. The van der Waals surface area contributed by atoms with Gasteiger partial charge < -0.3 is 0 Å². The Morgan fingerprint density at radius 2 is 1.67 bits per heavy atom. The third-order valence-electron chi connectivity index (χ3n) is 4.02. The Kier molecular flexibility index (Phi) is 3.34. The molecular formula is C18H19N2O+. The second kappa shape index (κ2) is 5.17. The Bertz CT molecular complexity index is 878. The van der Waals surface area contributed by atoms with Crippen molar-refractivity contribution in [1.29, 1.82) is 0 Å². The lowest BCUT2D eigenvalue weighted by molar-refractivity contribution is -0.678. The van der Waals surface area contributed by atoms with Crippen LogP contribution in [0, 0.1) is 13.8 Å². The summed E-state index contributed by atoms with van der Waals surface area (Å²) < 4.78 is 4.00. The van der Waals surface area contributed by atoms with E-state index in [0.29, 0.717) is 0 Å². The van der Waals surface area contributed by atoms with Crippen LogP contribution in [-0.2, 0) is 6.54 Å². The third-order valence-corrected chi connectivity index (χ3v) is 4.02. The summed E-state index contributed by atoms with van der Waals surface area (Å²) in [6.07, 6.45) is 0. The van der Waals surface area contributed by atoms with E-state index in [2.05, 4.69) is 11.5 Å². The zero-order valence-electron chi connectivity index (χ0n) is 12.6. The number of benzene rings is 2. The highest BCUT2D eigenvalue weighted by Crippen LogP contribution is 2.14. The predicted octanol–water partition coefficient (Wildman–Crippen LogP) is 2.91. The fourth-order valence-corrected chi connectivity index (χ4v) is 2.95. The Labute approximate surface area is 124 Å². The Hall–Kier alpha value is -2.42. The topological polar surface area (TPSA) is 25.9 Å². The van der Waals surface area contributed by atoms with Crippen LogP contribution in [0.5, 0.6) is 0 Å². The molecule has 0 unspecified atom stereocenters. The van der Waals surface area contributed by atoms with Gasteiger partial charge in [-0.05, 0) is 37.6 Å². The molecule has 1 heterocycles. The van der Waals surface area contributed by atoms with Gasteiger partial charge in [-0.1, -0.05) is 30.3 Å². The summed E-state index contributed by atoms with van der Waals surface area (Å²) >= 11 is 0. The first-order chi connectivity index (χ1) is 10.1. The van der Waals surface area contributed by atoms with Gasteiger partial charge in [-0.2, -0.15) is 4.57 Å². The normalized spacial score (nSPS) is 11.0. The molecule has 0 aliphatic heterocycles. The zero-order valence-corrected chi connectivity index (χ0v) is 12.6. The summed E-state index contributed by atoms with van der Waals surface area (Å²) in [5.41, 5.74) is 3.09. The van der Waals surface area contributed by atoms with Crippen molar-refractivity contribution in [3.8, 4) is 5.69 Å². The highest BCUT2D eigenvalue weighted by Gasteiger charge is 2.21. The van der Waals surface area contributed by atoms with Crippen LogP contribution in [0.25, 0.3) is 16.6 Å². The van der Waals surface area contributed by atoms with E-state index in [4.69, 9.17) is 0 Å². The van der Waals surface area contributed by atoms with Crippen LogP contribution in [0.15, 0.2) is 53.3 Å². The highest BCUT2D eigenvalue weighted by molar-refractivity contribution is 5.74. The van der Waals surface area contributed by atoms with Gasteiger partial charge in [0.2, 0.25) is 0 Å². The second-order valence-electron chi connectivity index (χ2n) is 5.24. The van der Waals surface area contributed by atoms with Crippen molar-refractivity contribution in [1.82, 2.24) is 4.57 Å². The van der Waals surface area contributed by atoms with E-state index in [1.54, 1.807) is 0 Å². The van der Waals surface area contributed by atoms with Crippen LogP contribution in [0.2, 0.25) is 0 Å². The number of nitrogens with zero attached hydrogens (tertiary/aromatic N) is 2. The fraction of sp³-hybridized carbons (Fsp3) is 0.222. The van der Waals surface area contributed by atoms with Crippen molar-refractivity contribution in [2.24, 2.45) is 0 Å². The van der Waals surface area contributed by atoms with Gasteiger partial charge in [0.15, 0.2) is 0 Å². The molecule has 0 aliphatic carbocycles. The minimum atomic E-state index is 0.0436. The van der Waals surface area contributed by atoms with Gasteiger partial charge in [0.25, 0.3) is 5.82 Å². The van der Waals surface area contributed by atoms with Crippen LogP contribution in [-0.4, -0.2) is 4.57 Å². The lowest BCUT2D eigenvalue weighted by Gasteiger charge is -2.11. The molecule has 0 amide bonds. The molecule has 3 aromatic rings. The molecule has 3 nitrogen and oxygen atoms in total. The van der Waals surface area contributed by atoms with Crippen molar-refractivity contribution in [3.05, 3.63) is 70.3 Å². The molecule has 0 spiro atoms.